The fraction of sp³-hybridized carbons (Fsp3) is 0.300. The molecular weight excluding hydrogens is 226 g/mol. The fourth-order valence-electron chi connectivity index (χ4n) is 1.27. The van der Waals surface area contributed by atoms with Gasteiger partial charge < -0.3 is 0 Å². The number of nitrogens with zero attached hydrogens (tertiary/aromatic N) is 1. The van der Waals surface area contributed by atoms with Gasteiger partial charge in [-0.2, -0.15) is 0 Å². The minimum Gasteiger partial charge on any atom is -0.273 e. The van der Waals surface area contributed by atoms with Crippen LogP contribution in [0.5, 0.6) is 0 Å². The van der Waals surface area contributed by atoms with Crippen LogP contribution in [-0.2, 0) is 9.84 Å². The van der Waals surface area contributed by atoms with Crippen molar-refractivity contribution in [3.05, 3.63) is 29.3 Å². The van der Waals surface area contributed by atoms with Gasteiger partial charge in [0.25, 0.3) is 0 Å². The first-order valence-electron chi connectivity index (χ1n) is 4.64. The summed E-state index contributed by atoms with van der Waals surface area (Å²) in [5, 5.41) is 7.74. The summed E-state index contributed by atoms with van der Waals surface area (Å²) in [6, 6.07) is 5.48. The van der Waals surface area contributed by atoms with Crippen molar-refractivity contribution < 1.29 is 8.42 Å². The summed E-state index contributed by atoms with van der Waals surface area (Å²) in [5.41, 5.74) is 2.30. The van der Waals surface area contributed by atoms with Crippen molar-refractivity contribution in [1.29, 1.82) is 5.41 Å². The van der Waals surface area contributed by atoms with Gasteiger partial charge in [-0.05, 0) is 31.0 Å². The number of amidine groups is 1. The molecule has 0 aliphatic rings. The van der Waals surface area contributed by atoms with Crippen molar-refractivity contribution in [2.24, 2.45) is 5.84 Å². The lowest BCUT2D eigenvalue weighted by Crippen LogP contribution is -2.41. The zero-order chi connectivity index (χ0) is 12.5. The molecule has 0 amide bonds. The molecule has 0 spiro atoms. The number of sulfone groups is 1. The van der Waals surface area contributed by atoms with Gasteiger partial charge in [0.15, 0.2) is 0 Å². The van der Waals surface area contributed by atoms with Gasteiger partial charge in [-0.3, -0.25) is 10.4 Å². The highest BCUT2D eigenvalue weighted by molar-refractivity contribution is 8.05. The van der Waals surface area contributed by atoms with Gasteiger partial charge in [0.2, 0.25) is 15.0 Å². The van der Waals surface area contributed by atoms with E-state index in [1.807, 2.05) is 26.0 Å². The third-order valence-corrected chi connectivity index (χ3v) is 3.09. The third-order valence-electron chi connectivity index (χ3n) is 2.19. The van der Waals surface area contributed by atoms with Gasteiger partial charge in [0.1, 0.15) is 0 Å². The number of nitrogens with one attached hydrogen (secondary N) is 1. The topological polar surface area (TPSA) is 87.2 Å². The molecule has 0 heterocycles. The molecule has 0 radical (unpaired) electrons. The zero-order valence-corrected chi connectivity index (χ0v) is 10.3. The molecule has 0 aliphatic carbocycles. The molecule has 0 aliphatic heterocycles. The predicted octanol–water partition coefficient (Wildman–Crippen LogP) is 0.963. The van der Waals surface area contributed by atoms with Crippen LogP contribution in [0.1, 0.15) is 11.1 Å². The summed E-state index contributed by atoms with van der Waals surface area (Å²) < 4.78 is 22.4. The average molecular weight is 241 g/mol. The number of hydrogen-bond donors (Lipinski definition) is 2. The van der Waals surface area contributed by atoms with E-state index in [4.69, 9.17) is 11.3 Å². The molecule has 88 valence electrons. The van der Waals surface area contributed by atoms with Crippen molar-refractivity contribution in [3.63, 3.8) is 0 Å². The van der Waals surface area contributed by atoms with Crippen molar-refractivity contribution >= 4 is 20.7 Å². The molecule has 0 aromatic heterocycles. The van der Waals surface area contributed by atoms with Crippen LogP contribution in [0, 0.1) is 19.3 Å². The highest BCUT2D eigenvalue weighted by Gasteiger charge is 2.19. The van der Waals surface area contributed by atoms with Gasteiger partial charge in [-0.25, -0.2) is 14.3 Å². The minimum atomic E-state index is -3.60. The van der Waals surface area contributed by atoms with E-state index in [1.54, 1.807) is 6.07 Å². The second-order valence-electron chi connectivity index (χ2n) is 3.74. The highest BCUT2D eigenvalue weighted by Crippen LogP contribution is 2.20. The first-order valence-corrected chi connectivity index (χ1v) is 6.53. The molecule has 0 unspecified atom stereocenters. The normalized spacial score (nSPS) is 11.2. The van der Waals surface area contributed by atoms with Gasteiger partial charge in [-0.15, -0.1) is 0 Å². The zero-order valence-electron chi connectivity index (χ0n) is 9.48. The summed E-state index contributed by atoms with van der Waals surface area (Å²) in [4.78, 5) is 0. The molecule has 16 heavy (non-hydrogen) atoms. The Bertz CT molecular complexity index is 523. The van der Waals surface area contributed by atoms with Gasteiger partial charge in [0, 0.05) is 6.26 Å². The van der Waals surface area contributed by atoms with Crippen LogP contribution < -0.4 is 10.9 Å². The van der Waals surface area contributed by atoms with Crippen LogP contribution >= 0.6 is 0 Å². The number of nitrogens with two attached hydrogens (primary N) is 1. The summed E-state index contributed by atoms with van der Waals surface area (Å²) in [5.74, 6) is 5.62. The molecule has 0 saturated heterocycles. The second kappa shape index (κ2) is 4.23. The van der Waals surface area contributed by atoms with E-state index in [1.165, 1.54) is 0 Å². The number of hydrogen-bond acceptors (Lipinski definition) is 4. The van der Waals surface area contributed by atoms with Gasteiger partial charge in [-0.1, -0.05) is 12.1 Å². The number of benzene rings is 1. The fourth-order valence-corrected chi connectivity index (χ4v) is 1.72. The Morgan fingerprint density at radius 2 is 1.94 bits per heavy atom. The SMILES string of the molecule is Cc1ccc(C)c(N(N)C(=N)S(C)(=O)=O)c1. The Hall–Kier alpha value is -1.40. The van der Waals surface area contributed by atoms with Crippen molar-refractivity contribution in [2.75, 3.05) is 11.3 Å². The first kappa shape index (κ1) is 12.7. The predicted molar refractivity (Wildman–Crippen MR) is 65.2 cm³/mol. The molecule has 0 saturated carbocycles. The Morgan fingerprint density at radius 3 is 2.44 bits per heavy atom. The lowest BCUT2D eigenvalue weighted by molar-refractivity contribution is 0.611. The highest BCUT2D eigenvalue weighted by atomic mass is 32.2. The summed E-state index contributed by atoms with van der Waals surface area (Å²) >= 11 is 0. The Morgan fingerprint density at radius 1 is 1.38 bits per heavy atom. The molecule has 6 heteroatoms. The Kier molecular flexibility index (Phi) is 3.35. The van der Waals surface area contributed by atoms with Crippen LogP contribution in [0.15, 0.2) is 18.2 Å². The van der Waals surface area contributed by atoms with Crippen LogP contribution in [0.3, 0.4) is 0 Å². The van der Waals surface area contributed by atoms with Crippen LogP contribution in [0.25, 0.3) is 0 Å². The summed E-state index contributed by atoms with van der Waals surface area (Å²) in [7, 11) is -3.60. The smallest absolute Gasteiger partial charge is 0.234 e. The van der Waals surface area contributed by atoms with Gasteiger partial charge in [0.05, 0.1) is 5.69 Å². The van der Waals surface area contributed by atoms with E-state index in [2.05, 4.69) is 0 Å². The molecule has 0 fully saturated rings. The molecule has 1 aromatic rings. The molecule has 5 nitrogen and oxygen atoms in total. The lowest BCUT2D eigenvalue weighted by Gasteiger charge is -2.20. The van der Waals surface area contributed by atoms with E-state index in [0.29, 0.717) is 5.69 Å². The lowest BCUT2D eigenvalue weighted by atomic mass is 10.1. The van der Waals surface area contributed by atoms with Crippen LogP contribution in [-0.4, -0.2) is 19.8 Å². The number of hydrazine groups is 1. The average Bonchev–Trinajstić information content (AvgIpc) is 2.18. The summed E-state index contributed by atoms with van der Waals surface area (Å²) in [6.45, 7) is 3.69. The maximum absolute atomic E-state index is 11.2. The number of rotatable bonds is 1. The third kappa shape index (κ3) is 2.59. The largest absolute Gasteiger partial charge is 0.273 e. The standard InChI is InChI=1S/C10H15N3O2S/c1-7-4-5-8(2)9(6-7)13(12)10(11)16(3,14)15/h4-6,11H,12H2,1-3H3. The minimum absolute atomic E-state index is 0.524. The molecule has 0 atom stereocenters. The monoisotopic (exact) mass is 241 g/mol. The second-order valence-corrected chi connectivity index (χ2v) is 5.67. The maximum atomic E-state index is 11.2. The van der Waals surface area contributed by atoms with E-state index in [9.17, 15) is 8.42 Å². The first-order chi connectivity index (χ1) is 7.23. The number of aryl methyl sites for hydroxylation is 2. The van der Waals surface area contributed by atoms with Crippen LogP contribution in [0.2, 0.25) is 0 Å². The van der Waals surface area contributed by atoms with Crippen molar-refractivity contribution in [2.45, 2.75) is 13.8 Å². The molecule has 1 aromatic carbocycles. The molecule has 1 rings (SSSR count). The Labute approximate surface area is 95.3 Å². The van der Waals surface area contributed by atoms with E-state index in [-0.39, 0.29) is 0 Å². The van der Waals surface area contributed by atoms with E-state index >= 15 is 0 Å². The van der Waals surface area contributed by atoms with Crippen molar-refractivity contribution in [3.8, 4) is 0 Å². The molecule has 0 bridgehead atoms. The molecule has 3 N–H and O–H groups in total. The maximum Gasteiger partial charge on any atom is 0.234 e. The number of anilines is 1. The van der Waals surface area contributed by atoms with Crippen LogP contribution in [0.4, 0.5) is 5.69 Å². The van der Waals surface area contributed by atoms with E-state index in [0.717, 1.165) is 22.4 Å². The van der Waals surface area contributed by atoms with Gasteiger partial charge >= 0.3 is 0 Å². The molecular formula is C10H15N3O2S. The quantitative estimate of drug-likeness (QED) is 0.332. The van der Waals surface area contributed by atoms with E-state index < -0.39 is 15.0 Å². The van der Waals surface area contributed by atoms with Crippen molar-refractivity contribution in [1.82, 2.24) is 0 Å². The summed E-state index contributed by atoms with van der Waals surface area (Å²) in [6.07, 6.45) is 0.959. The Balaban J connectivity index is 3.20.